The first kappa shape index (κ1) is 16.5. The molecular formula is C15H22ClN5O. The zero-order valence-corrected chi connectivity index (χ0v) is 14.2. The molecule has 6 nitrogen and oxygen atoms in total. The molecule has 1 amide bonds. The number of nitrogens with zero attached hydrogens (tertiary/aromatic N) is 4. The minimum atomic E-state index is -0.0595. The summed E-state index contributed by atoms with van der Waals surface area (Å²) in [7, 11) is 0. The lowest BCUT2D eigenvalue weighted by atomic mass is 10.1. The van der Waals surface area contributed by atoms with E-state index >= 15 is 0 Å². The van der Waals surface area contributed by atoms with Gasteiger partial charge in [-0.1, -0.05) is 11.6 Å². The molecule has 0 radical (unpaired) electrons. The number of aromatic nitrogens is 4. The number of halogens is 1. The van der Waals surface area contributed by atoms with Crippen molar-refractivity contribution in [2.75, 3.05) is 0 Å². The third-order valence-corrected chi connectivity index (χ3v) is 3.98. The van der Waals surface area contributed by atoms with E-state index in [0.29, 0.717) is 18.0 Å². The molecule has 2 rings (SSSR count). The summed E-state index contributed by atoms with van der Waals surface area (Å²) in [6.45, 7) is 9.14. The fourth-order valence-electron chi connectivity index (χ4n) is 2.34. The van der Waals surface area contributed by atoms with Crippen LogP contribution in [-0.4, -0.2) is 25.5 Å². The molecule has 0 aliphatic carbocycles. The average molecular weight is 324 g/mol. The zero-order chi connectivity index (χ0) is 16.3. The molecule has 0 spiro atoms. The highest BCUT2D eigenvalue weighted by molar-refractivity contribution is 6.31. The van der Waals surface area contributed by atoms with Crippen molar-refractivity contribution in [1.29, 1.82) is 0 Å². The summed E-state index contributed by atoms with van der Waals surface area (Å²) in [5.74, 6) is -0.0135. The molecule has 0 fully saturated rings. The Morgan fingerprint density at radius 2 is 1.95 bits per heavy atom. The average Bonchev–Trinajstić information content (AvgIpc) is 3.00. The standard InChI is InChI=1S/C15H22ClN5O/c1-5-20-8-13(11(3)18-20)10(2)17-15(22)6-7-21-9-14(16)12(4)19-21/h8-10H,5-7H2,1-4H3,(H,17,22). The molecule has 0 saturated heterocycles. The van der Waals surface area contributed by atoms with Crippen molar-refractivity contribution in [3.63, 3.8) is 0 Å². The van der Waals surface area contributed by atoms with Crippen LogP contribution in [0.5, 0.6) is 0 Å². The molecule has 2 heterocycles. The number of hydrogen-bond acceptors (Lipinski definition) is 3. The van der Waals surface area contributed by atoms with Gasteiger partial charge in [0, 0.05) is 37.5 Å². The van der Waals surface area contributed by atoms with Gasteiger partial charge in [-0.2, -0.15) is 10.2 Å². The van der Waals surface area contributed by atoms with Crippen molar-refractivity contribution in [2.24, 2.45) is 0 Å². The Balaban J connectivity index is 1.89. The van der Waals surface area contributed by atoms with Gasteiger partial charge >= 0.3 is 0 Å². The van der Waals surface area contributed by atoms with Crippen molar-refractivity contribution in [3.8, 4) is 0 Å². The summed E-state index contributed by atoms with van der Waals surface area (Å²) in [4.78, 5) is 12.1. The van der Waals surface area contributed by atoms with Crippen LogP contribution in [0.3, 0.4) is 0 Å². The number of carbonyl (C=O) groups is 1. The lowest BCUT2D eigenvalue weighted by Crippen LogP contribution is -2.27. The fraction of sp³-hybridized carbons (Fsp3) is 0.533. The molecule has 2 aromatic rings. The highest BCUT2D eigenvalue weighted by Crippen LogP contribution is 2.16. The van der Waals surface area contributed by atoms with Crippen molar-refractivity contribution in [3.05, 3.63) is 34.4 Å². The number of hydrogen-bond donors (Lipinski definition) is 1. The smallest absolute Gasteiger partial charge is 0.222 e. The molecule has 0 aliphatic rings. The van der Waals surface area contributed by atoms with Gasteiger partial charge in [-0.15, -0.1) is 0 Å². The first-order chi connectivity index (χ1) is 10.4. The first-order valence-electron chi connectivity index (χ1n) is 7.43. The van der Waals surface area contributed by atoms with E-state index in [1.165, 1.54) is 0 Å². The van der Waals surface area contributed by atoms with Crippen LogP contribution in [0.1, 0.15) is 43.3 Å². The number of carbonyl (C=O) groups excluding carboxylic acids is 1. The Kier molecular flexibility index (Phi) is 5.24. The maximum atomic E-state index is 12.1. The second-order valence-electron chi connectivity index (χ2n) is 5.39. The van der Waals surface area contributed by atoms with E-state index in [4.69, 9.17) is 11.6 Å². The fourth-order valence-corrected chi connectivity index (χ4v) is 2.49. The zero-order valence-electron chi connectivity index (χ0n) is 13.4. The molecule has 1 atom stereocenters. The van der Waals surface area contributed by atoms with Gasteiger partial charge in [0.2, 0.25) is 5.91 Å². The van der Waals surface area contributed by atoms with Crippen molar-refractivity contribution < 1.29 is 4.79 Å². The molecule has 0 aromatic carbocycles. The maximum absolute atomic E-state index is 12.1. The summed E-state index contributed by atoms with van der Waals surface area (Å²) < 4.78 is 3.57. The van der Waals surface area contributed by atoms with Crippen LogP contribution in [0, 0.1) is 13.8 Å². The van der Waals surface area contributed by atoms with E-state index in [1.807, 2.05) is 38.6 Å². The molecule has 7 heteroatoms. The largest absolute Gasteiger partial charge is 0.349 e. The second-order valence-corrected chi connectivity index (χ2v) is 5.80. The molecule has 22 heavy (non-hydrogen) atoms. The summed E-state index contributed by atoms with van der Waals surface area (Å²) in [5, 5.41) is 12.3. The molecule has 1 N–H and O–H groups in total. The van der Waals surface area contributed by atoms with Crippen LogP contribution < -0.4 is 5.32 Å². The van der Waals surface area contributed by atoms with E-state index in [0.717, 1.165) is 23.5 Å². The Morgan fingerprint density at radius 1 is 1.27 bits per heavy atom. The summed E-state index contributed by atoms with van der Waals surface area (Å²) >= 11 is 5.95. The topological polar surface area (TPSA) is 64.7 Å². The minimum Gasteiger partial charge on any atom is -0.349 e. The van der Waals surface area contributed by atoms with Crippen LogP contribution >= 0.6 is 11.6 Å². The van der Waals surface area contributed by atoms with Crippen LogP contribution in [0.4, 0.5) is 0 Å². The lowest BCUT2D eigenvalue weighted by molar-refractivity contribution is -0.122. The van der Waals surface area contributed by atoms with E-state index in [-0.39, 0.29) is 11.9 Å². The minimum absolute atomic E-state index is 0.0135. The van der Waals surface area contributed by atoms with Crippen LogP contribution in [-0.2, 0) is 17.9 Å². The van der Waals surface area contributed by atoms with Gasteiger partial charge in [0.05, 0.1) is 22.5 Å². The summed E-state index contributed by atoms with van der Waals surface area (Å²) in [6.07, 6.45) is 4.09. The Labute approximate surface area is 135 Å². The van der Waals surface area contributed by atoms with E-state index in [2.05, 4.69) is 15.5 Å². The van der Waals surface area contributed by atoms with Gasteiger partial charge in [-0.05, 0) is 27.7 Å². The van der Waals surface area contributed by atoms with Gasteiger partial charge in [-0.3, -0.25) is 14.2 Å². The van der Waals surface area contributed by atoms with Crippen LogP contribution in [0.25, 0.3) is 0 Å². The Hall–Kier alpha value is -1.82. The highest BCUT2D eigenvalue weighted by Gasteiger charge is 2.15. The Bertz CT molecular complexity index is 641. The van der Waals surface area contributed by atoms with Crippen LogP contribution in [0.2, 0.25) is 5.02 Å². The number of nitrogens with one attached hydrogen (secondary N) is 1. The monoisotopic (exact) mass is 323 g/mol. The van der Waals surface area contributed by atoms with Crippen molar-refractivity contribution in [1.82, 2.24) is 24.9 Å². The summed E-state index contributed by atoms with van der Waals surface area (Å²) in [5.41, 5.74) is 2.77. The van der Waals surface area contributed by atoms with E-state index in [1.54, 1.807) is 10.9 Å². The Morgan fingerprint density at radius 3 is 2.50 bits per heavy atom. The predicted molar refractivity (Wildman–Crippen MR) is 85.8 cm³/mol. The van der Waals surface area contributed by atoms with Gasteiger partial charge in [-0.25, -0.2) is 0 Å². The third kappa shape index (κ3) is 3.88. The van der Waals surface area contributed by atoms with Gasteiger partial charge in [0.1, 0.15) is 0 Å². The first-order valence-corrected chi connectivity index (χ1v) is 7.81. The molecule has 1 unspecified atom stereocenters. The molecule has 0 bridgehead atoms. The molecule has 0 aliphatic heterocycles. The van der Waals surface area contributed by atoms with Gasteiger partial charge in [0.15, 0.2) is 0 Å². The number of aryl methyl sites for hydroxylation is 4. The van der Waals surface area contributed by atoms with Crippen molar-refractivity contribution in [2.45, 2.75) is 53.2 Å². The normalized spacial score (nSPS) is 12.4. The maximum Gasteiger partial charge on any atom is 0.222 e. The van der Waals surface area contributed by atoms with Gasteiger partial charge < -0.3 is 5.32 Å². The van der Waals surface area contributed by atoms with E-state index < -0.39 is 0 Å². The van der Waals surface area contributed by atoms with Crippen LogP contribution in [0.15, 0.2) is 12.4 Å². The number of amides is 1. The number of rotatable bonds is 6. The summed E-state index contributed by atoms with van der Waals surface area (Å²) in [6, 6.07) is -0.0595. The molecule has 2 aromatic heterocycles. The quantitative estimate of drug-likeness (QED) is 0.888. The van der Waals surface area contributed by atoms with E-state index in [9.17, 15) is 4.79 Å². The molecule has 120 valence electrons. The van der Waals surface area contributed by atoms with Crippen molar-refractivity contribution >= 4 is 17.5 Å². The highest BCUT2D eigenvalue weighted by atomic mass is 35.5. The third-order valence-electron chi connectivity index (χ3n) is 3.61. The second kappa shape index (κ2) is 6.96. The predicted octanol–water partition coefficient (Wildman–Crippen LogP) is 2.64. The molecule has 0 saturated carbocycles. The lowest BCUT2D eigenvalue weighted by Gasteiger charge is -2.13. The SMILES string of the molecule is CCn1cc(C(C)NC(=O)CCn2cc(Cl)c(C)n2)c(C)n1. The molecular weight excluding hydrogens is 302 g/mol. The van der Waals surface area contributed by atoms with Gasteiger partial charge in [0.25, 0.3) is 0 Å².